The Morgan fingerprint density at radius 3 is 2.52 bits per heavy atom. The summed E-state index contributed by atoms with van der Waals surface area (Å²) >= 11 is 0. The van der Waals surface area contributed by atoms with Crippen molar-refractivity contribution in [2.75, 3.05) is 6.54 Å². The minimum atomic E-state index is -0.366. The van der Waals surface area contributed by atoms with Gasteiger partial charge in [-0.3, -0.25) is 18.8 Å². The molecule has 1 aromatic carbocycles. The van der Waals surface area contributed by atoms with Gasteiger partial charge in [-0.15, -0.1) is 0 Å². The standard InChI is InChI=1S/C24H30FN5O3/c1-27-22-21(23(31)28(2)24(27)32)29(15-26-22)10-5-11-30-17-8-9-18(30)13-19(12-17)33-14-16-6-3-4-7-20(16)25/h3-4,6-7,15,17-19H,5,8-14H2,1-2H3. The molecule has 2 atom stereocenters. The van der Waals surface area contributed by atoms with Gasteiger partial charge in [-0.25, -0.2) is 14.2 Å². The van der Waals surface area contributed by atoms with Gasteiger partial charge in [0.05, 0.1) is 19.0 Å². The SMILES string of the molecule is Cn1c(=O)c2c(ncn2CCCN2C3CCC2CC(OCc2ccccc2F)C3)n(C)c1=O. The van der Waals surface area contributed by atoms with Crippen LogP contribution in [0.4, 0.5) is 4.39 Å². The zero-order valence-corrected chi connectivity index (χ0v) is 19.1. The maximum atomic E-state index is 13.9. The molecule has 2 aliphatic heterocycles. The van der Waals surface area contributed by atoms with Crippen LogP contribution in [-0.2, 0) is 32.0 Å². The number of piperidine rings is 1. The molecule has 2 saturated heterocycles. The van der Waals surface area contributed by atoms with E-state index in [9.17, 15) is 14.0 Å². The van der Waals surface area contributed by atoms with Gasteiger partial charge in [0.25, 0.3) is 5.56 Å². The van der Waals surface area contributed by atoms with E-state index in [1.54, 1.807) is 25.5 Å². The Balaban J connectivity index is 1.19. The van der Waals surface area contributed by atoms with Gasteiger partial charge in [-0.05, 0) is 38.2 Å². The van der Waals surface area contributed by atoms with Crippen molar-refractivity contribution in [3.8, 4) is 0 Å². The Kier molecular flexibility index (Phi) is 5.92. The number of aromatic nitrogens is 4. The number of nitrogens with zero attached hydrogens (tertiary/aromatic N) is 5. The molecule has 2 bridgehead atoms. The van der Waals surface area contributed by atoms with E-state index in [4.69, 9.17) is 4.74 Å². The summed E-state index contributed by atoms with van der Waals surface area (Å²) in [6.07, 6.45) is 7.00. The van der Waals surface area contributed by atoms with Gasteiger partial charge in [-0.1, -0.05) is 18.2 Å². The molecule has 0 radical (unpaired) electrons. The summed E-state index contributed by atoms with van der Waals surface area (Å²) in [6.45, 7) is 1.94. The summed E-state index contributed by atoms with van der Waals surface area (Å²) in [5.41, 5.74) is 0.843. The number of aryl methyl sites for hydroxylation is 2. The van der Waals surface area contributed by atoms with Gasteiger partial charge in [0, 0.05) is 44.8 Å². The zero-order valence-electron chi connectivity index (χ0n) is 19.1. The second kappa shape index (κ2) is 8.87. The summed E-state index contributed by atoms with van der Waals surface area (Å²) in [7, 11) is 3.13. The second-order valence-electron chi connectivity index (χ2n) is 9.29. The number of fused-ring (bicyclic) bond motifs is 3. The van der Waals surface area contributed by atoms with Crippen LogP contribution in [0, 0.1) is 5.82 Å². The van der Waals surface area contributed by atoms with Gasteiger partial charge >= 0.3 is 5.69 Å². The lowest BCUT2D eigenvalue weighted by molar-refractivity contribution is -0.0293. The van der Waals surface area contributed by atoms with E-state index in [1.807, 2.05) is 10.6 Å². The van der Waals surface area contributed by atoms with Crippen LogP contribution in [-0.4, -0.2) is 48.3 Å². The molecular formula is C24H30FN5O3. The van der Waals surface area contributed by atoms with E-state index >= 15 is 0 Å². The van der Waals surface area contributed by atoms with E-state index in [0.29, 0.717) is 42.0 Å². The van der Waals surface area contributed by atoms with Crippen molar-refractivity contribution in [1.29, 1.82) is 0 Å². The van der Waals surface area contributed by atoms with Crippen LogP contribution in [0.5, 0.6) is 0 Å². The van der Waals surface area contributed by atoms with Gasteiger partial charge in [0.1, 0.15) is 5.82 Å². The van der Waals surface area contributed by atoms with Crippen molar-refractivity contribution in [3.05, 3.63) is 62.8 Å². The molecule has 33 heavy (non-hydrogen) atoms. The summed E-state index contributed by atoms with van der Waals surface area (Å²) in [6, 6.07) is 7.77. The molecule has 8 nitrogen and oxygen atoms in total. The second-order valence-corrected chi connectivity index (χ2v) is 9.29. The molecule has 0 saturated carbocycles. The highest BCUT2D eigenvalue weighted by atomic mass is 19.1. The molecule has 2 aromatic heterocycles. The summed E-state index contributed by atoms with van der Waals surface area (Å²) in [5.74, 6) is -0.208. The number of hydrogen-bond donors (Lipinski definition) is 0. The van der Waals surface area contributed by atoms with Crippen molar-refractivity contribution in [1.82, 2.24) is 23.6 Å². The van der Waals surface area contributed by atoms with Crippen molar-refractivity contribution in [3.63, 3.8) is 0 Å². The lowest BCUT2D eigenvalue weighted by Crippen LogP contribution is -2.46. The van der Waals surface area contributed by atoms with Crippen LogP contribution in [0.15, 0.2) is 40.2 Å². The third-order valence-electron chi connectivity index (χ3n) is 7.31. The molecule has 0 spiro atoms. The van der Waals surface area contributed by atoms with E-state index < -0.39 is 0 Å². The molecule has 2 fully saturated rings. The first-order valence-electron chi connectivity index (χ1n) is 11.7. The largest absolute Gasteiger partial charge is 0.373 e. The third-order valence-corrected chi connectivity index (χ3v) is 7.31. The number of hydrogen-bond acceptors (Lipinski definition) is 5. The van der Waals surface area contributed by atoms with Crippen LogP contribution in [0.3, 0.4) is 0 Å². The molecule has 5 rings (SSSR count). The Hall–Kier alpha value is -2.78. The Bertz CT molecular complexity index is 1270. The van der Waals surface area contributed by atoms with Crippen molar-refractivity contribution in [2.45, 2.75) is 63.4 Å². The predicted molar refractivity (Wildman–Crippen MR) is 123 cm³/mol. The smallest absolute Gasteiger partial charge is 0.332 e. The Labute approximate surface area is 191 Å². The Morgan fingerprint density at radius 2 is 1.79 bits per heavy atom. The minimum Gasteiger partial charge on any atom is -0.373 e. The molecule has 0 N–H and O–H groups in total. The fourth-order valence-corrected chi connectivity index (χ4v) is 5.54. The van der Waals surface area contributed by atoms with Crippen LogP contribution in [0.2, 0.25) is 0 Å². The highest BCUT2D eigenvalue weighted by Gasteiger charge is 2.40. The molecule has 4 heterocycles. The van der Waals surface area contributed by atoms with Gasteiger partial charge in [0.15, 0.2) is 11.2 Å². The van der Waals surface area contributed by atoms with Crippen molar-refractivity contribution < 1.29 is 9.13 Å². The zero-order chi connectivity index (χ0) is 23.1. The molecule has 9 heteroatoms. The van der Waals surface area contributed by atoms with Gasteiger partial charge in [-0.2, -0.15) is 0 Å². The average Bonchev–Trinajstić information content (AvgIpc) is 3.33. The van der Waals surface area contributed by atoms with E-state index in [2.05, 4.69) is 9.88 Å². The molecular weight excluding hydrogens is 425 g/mol. The predicted octanol–water partition coefficient (Wildman–Crippen LogP) is 2.18. The topological polar surface area (TPSA) is 74.3 Å². The molecule has 0 aliphatic carbocycles. The molecule has 3 aromatic rings. The fraction of sp³-hybridized carbons (Fsp3) is 0.542. The highest BCUT2D eigenvalue weighted by molar-refractivity contribution is 5.69. The summed E-state index contributed by atoms with van der Waals surface area (Å²) in [5, 5.41) is 0. The first kappa shape index (κ1) is 22.0. The third kappa shape index (κ3) is 4.04. The maximum Gasteiger partial charge on any atom is 0.332 e. The first-order chi connectivity index (χ1) is 15.9. The fourth-order valence-electron chi connectivity index (χ4n) is 5.54. The lowest BCUT2D eigenvalue weighted by Gasteiger charge is -2.39. The van der Waals surface area contributed by atoms with E-state index in [0.717, 1.165) is 30.4 Å². The average molecular weight is 456 g/mol. The number of imidazole rings is 1. The normalized spacial score (nSPS) is 22.9. The summed E-state index contributed by atoms with van der Waals surface area (Å²) < 4.78 is 24.4. The summed E-state index contributed by atoms with van der Waals surface area (Å²) in [4.78, 5) is 31.6. The van der Waals surface area contributed by atoms with Crippen LogP contribution in [0.25, 0.3) is 11.2 Å². The van der Waals surface area contributed by atoms with Crippen molar-refractivity contribution >= 4 is 11.2 Å². The number of rotatable bonds is 7. The molecule has 176 valence electrons. The lowest BCUT2D eigenvalue weighted by atomic mass is 9.99. The van der Waals surface area contributed by atoms with Crippen molar-refractivity contribution in [2.24, 2.45) is 14.1 Å². The van der Waals surface area contributed by atoms with Crippen LogP contribution in [0.1, 0.15) is 37.7 Å². The minimum absolute atomic E-state index is 0.167. The van der Waals surface area contributed by atoms with Gasteiger partial charge in [0.2, 0.25) is 0 Å². The first-order valence-corrected chi connectivity index (χ1v) is 11.7. The maximum absolute atomic E-state index is 13.9. The molecule has 0 amide bonds. The van der Waals surface area contributed by atoms with E-state index in [1.165, 1.54) is 30.5 Å². The van der Waals surface area contributed by atoms with E-state index in [-0.39, 0.29) is 23.2 Å². The van der Waals surface area contributed by atoms with Crippen LogP contribution >= 0.6 is 0 Å². The number of benzene rings is 1. The monoisotopic (exact) mass is 455 g/mol. The number of halogens is 1. The number of ether oxygens (including phenoxy) is 1. The molecule has 2 aliphatic rings. The van der Waals surface area contributed by atoms with Gasteiger partial charge < -0.3 is 9.30 Å². The van der Waals surface area contributed by atoms with Crippen LogP contribution < -0.4 is 11.2 Å². The molecule has 2 unspecified atom stereocenters. The quantitative estimate of drug-likeness (QED) is 0.546. The Morgan fingerprint density at radius 1 is 1.06 bits per heavy atom. The highest BCUT2D eigenvalue weighted by Crippen LogP contribution is 2.37.